The van der Waals surface area contributed by atoms with Gasteiger partial charge in [-0.2, -0.15) is 0 Å². The molecule has 1 heterocycles. The Morgan fingerprint density at radius 1 is 1.00 bits per heavy atom. The summed E-state index contributed by atoms with van der Waals surface area (Å²) in [4.78, 5) is 15.3. The predicted molar refractivity (Wildman–Crippen MR) is 75.8 cm³/mol. The molecular weight excluding hydrogens is 254 g/mol. The predicted octanol–water partition coefficient (Wildman–Crippen LogP) is 3.31. The summed E-state index contributed by atoms with van der Waals surface area (Å²) >= 11 is 0. The van der Waals surface area contributed by atoms with Gasteiger partial charge in [-0.05, 0) is 35.4 Å². The van der Waals surface area contributed by atoms with Crippen LogP contribution in [0.3, 0.4) is 0 Å². The lowest BCUT2D eigenvalue weighted by atomic mass is 10.0. The van der Waals surface area contributed by atoms with E-state index in [0.717, 1.165) is 22.0 Å². The number of aromatic nitrogens is 1. The quantitative estimate of drug-likeness (QED) is 0.745. The normalized spacial score (nSPS) is 10.6. The van der Waals surface area contributed by atoms with E-state index in [0.29, 0.717) is 0 Å². The van der Waals surface area contributed by atoms with E-state index in [-0.39, 0.29) is 11.3 Å². The molecule has 1 aromatic heterocycles. The molecule has 0 unspecified atom stereocenters. The fraction of sp³-hybridized carbons (Fsp3) is 0. The number of benzene rings is 2. The summed E-state index contributed by atoms with van der Waals surface area (Å²) in [6, 6.07) is 14.1. The van der Waals surface area contributed by atoms with Gasteiger partial charge in [0.25, 0.3) is 0 Å². The van der Waals surface area contributed by atoms with Crippen LogP contribution in [0.15, 0.2) is 54.7 Å². The lowest BCUT2D eigenvalue weighted by Gasteiger charge is -2.06. The molecule has 0 aliphatic carbocycles. The Balaban J connectivity index is 2.15. The van der Waals surface area contributed by atoms with Crippen LogP contribution in [0.25, 0.3) is 22.0 Å². The Morgan fingerprint density at radius 2 is 1.75 bits per heavy atom. The summed E-state index contributed by atoms with van der Waals surface area (Å²) < 4.78 is 0. The average Bonchev–Trinajstić information content (AvgIpc) is 2.47. The number of hydrogen-bond acceptors (Lipinski definition) is 3. The average molecular weight is 265 g/mol. The minimum absolute atomic E-state index is 0.108. The standard InChI is InChI=1S/C16H11NO3/c18-15-6-5-11(8-13(15)16(19)20)12-4-3-10-2-1-7-17-14(10)9-12/h1-9,18H,(H,19,20). The number of fused-ring (bicyclic) bond motifs is 1. The van der Waals surface area contributed by atoms with Crippen molar-refractivity contribution in [3.63, 3.8) is 0 Å². The van der Waals surface area contributed by atoms with Crippen molar-refractivity contribution in [2.24, 2.45) is 0 Å². The first kappa shape index (κ1) is 12.2. The van der Waals surface area contributed by atoms with Crippen LogP contribution < -0.4 is 0 Å². The molecule has 0 spiro atoms. The lowest BCUT2D eigenvalue weighted by Crippen LogP contribution is -1.97. The number of carbonyl (C=O) groups is 1. The summed E-state index contributed by atoms with van der Waals surface area (Å²) in [5.74, 6) is -1.39. The highest BCUT2D eigenvalue weighted by atomic mass is 16.4. The van der Waals surface area contributed by atoms with Gasteiger partial charge in [0, 0.05) is 11.6 Å². The van der Waals surface area contributed by atoms with Gasteiger partial charge in [-0.15, -0.1) is 0 Å². The molecule has 2 aromatic carbocycles. The van der Waals surface area contributed by atoms with E-state index in [2.05, 4.69) is 4.98 Å². The van der Waals surface area contributed by atoms with Crippen molar-refractivity contribution in [3.8, 4) is 16.9 Å². The number of nitrogens with zero attached hydrogens (tertiary/aromatic N) is 1. The van der Waals surface area contributed by atoms with Crippen molar-refractivity contribution < 1.29 is 15.0 Å². The van der Waals surface area contributed by atoms with Gasteiger partial charge in [0.2, 0.25) is 0 Å². The van der Waals surface area contributed by atoms with Crippen molar-refractivity contribution in [2.45, 2.75) is 0 Å². The van der Waals surface area contributed by atoms with Gasteiger partial charge in [0.05, 0.1) is 5.52 Å². The molecule has 0 radical (unpaired) electrons. The number of carboxylic acid groups (broad SMARTS) is 1. The van der Waals surface area contributed by atoms with E-state index in [4.69, 9.17) is 5.11 Å². The minimum atomic E-state index is -1.15. The number of aromatic carboxylic acids is 1. The van der Waals surface area contributed by atoms with Crippen LogP contribution in [0.5, 0.6) is 5.75 Å². The molecule has 0 amide bonds. The van der Waals surface area contributed by atoms with Gasteiger partial charge in [-0.1, -0.05) is 24.3 Å². The Morgan fingerprint density at radius 3 is 2.55 bits per heavy atom. The zero-order chi connectivity index (χ0) is 14.1. The third kappa shape index (κ3) is 2.07. The van der Waals surface area contributed by atoms with Crippen LogP contribution in [0, 0.1) is 0 Å². The zero-order valence-electron chi connectivity index (χ0n) is 10.4. The summed E-state index contributed by atoms with van der Waals surface area (Å²) in [5, 5.41) is 19.6. The number of pyridine rings is 1. The van der Waals surface area contributed by atoms with Crippen LogP contribution >= 0.6 is 0 Å². The van der Waals surface area contributed by atoms with Gasteiger partial charge in [-0.25, -0.2) is 4.79 Å². The Hall–Kier alpha value is -2.88. The molecule has 4 nitrogen and oxygen atoms in total. The van der Waals surface area contributed by atoms with Gasteiger partial charge in [0.1, 0.15) is 11.3 Å². The second-order valence-electron chi connectivity index (χ2n) is 4.45. The van der Waals surface area contributed by atoms with Crippen LogP contribution in [0.4, 0.5) is 0 Å². The topological polar surface area (TPSA) is 70.4 Å². The Kier molecular flexibility index (Phi) is 2.84. The highest BCUT2D eigenvalue weighted by molar-refractivity contribution is 5.93. The first-order chi connectivity index (χ1) is 9.65. The summed E-state index contributed by atoms with van der Waals surface area (Å²) in [7, 11) is 0. The number of aromatic hydroxyl groups is 1. The van der Waals surface area contributed by atoms with Crippen LogP contribution in [0.2, 0.25) is 0 Å². The molecule has 0 saturated heterocycles. The monoisotopic (exact) mass is 265 g/mol. The molecule has 3 aromatic rings. The SMILES string of the molecule is O=C(O)c1cc(-c2ccc3cccnc3c2)ccc1O. The molecule has 0 aliphatic rings. The molecule has 20 heavy (non-hydrogen) atoms. The lowest BCUT2D eigenvalue weighted by molar-refractivity contribution is 0.0694. The first-order valence-electron chi connectivity index (χ1n) is 6.06. The van der Waals surface area contributed by atoms with E-state index >= 15 is 0 Å². The maximum Gasteiger partial charge on any atom is 0.339 e. The molecule has 0 aliphatic heterocycles. The molecule has 2 N–H and O–H groups in total. The van der Waals surface area contributed by atoms with Crippen molar-refractivity contribution in [2.75, 3.05) is 0 Å². The summed E-state index contributed by atoms with van der Waals surface area (Å²) in [5.41, 5.74) is 2.32. The maximum atomic E-state index is 11.0. The number of rotatable bonds is 2. The minimum Gasteiger partial charge on any atom is -0.507 e. The van der Waals surface area contributed by atoms with Crippen molar-refractivity contribution in [1.29, 1.82) is 0 Å². The third-order valence-electron chi connectivity index (χ3n) is 3.17. The van der Waals surface area contributed by atoms with E-state index in [1.165, 1.54) is 12.1 Å². The van der Waals surface area contributed by atoms with Gasteiger partial charge in [-0.3, -0.25) is 4.98 Å². The fourth-order valence-electron chi connectivity index (χ4n) is 2.13. The van der Waals surface area contributed by atoms with E-state index in [1.807, 2.05) is 30.3 Å². The van der Waals surface area contributed by atoms with Gasteiger partial charge >= 0.3 is 5.97 Å². The molecule has 98 valence electrons. The van der Waals surface area contributed by atoms with Crippen LogP contribution in [-0.2, 0) is 0 Å². The van der Waals surface area contributed by atoms with Gasteiger partial charge in [0.15, 0.2) is 0 Å². The van der Waals surface area contributed by atoms with E-state index in [1.54, 1.807) is 12.3 Å². The summed E-state index contributed by atoms with van der Waals surface area (Å²) in [6.07, 6.45) is 1.71. The molecule has 0 fully saturated rings. The molecule has 0 saturated carbocycles. The zero-order valence-corrected chi connectivity index (χ0v) is 10.4. The largest absolute Gasteiger partial charge is 0.507 e. The number of phenols is 1. The third-order valence-corrected chi connectivity index (χ3v) is 3.17. The van der Waals surface area contributed by atoms with Crippen molar-refractivity contribution in [3.05, 3.63) is 60.3 Å². The maximum absolute atomic E-state index is 11.0. The van der Waals surface area contributed by atoms with Gasteiger partial charge < -0.3 is 10.2 Å². The van der Waals surface area contributed by atoms with Crippen molar-refractivity contribution >= 4 is 16.9 Å². The second kappa shape index (κ2) is 4.66. The van der Waals surface area contributed by atoms with Crippen LogP contribution in [-0.4, -0.2) is 21.2 Å². The van der Waals surface area contributed by atoms with Crippen molar-refractivity contribution in [1.82, 2.24) is 4.98 Å². The Bertz CT molecular complexity index is 812. The molecule has 4 heteroatoms. The summed E-state index contributed by atoms with van der Waals surface area (Å²) in [6.45, 7) is 0. The first-order valence-corrected chi connectivity index (χ1v) is 6.06. The molecule has 3 rings (SSSR count). The molecular formula is C16H11NO3. The fourth-order valence-corrected chi connectivity index (χ4v) is 2.13. The number of carboxylic acids is 1. The highest BCUT2D eigenvalue weighted by Gasteiger charge is 2.11. The Labute approximate surface area is 115 Å². The smallest absolute Gasteiger partial charge is 0.339 e. The molecule has 0 bridgehead atoms. The molecule has 0 atom stereocenters. The van der Waals surface area contributed by atoms with E-state index < -0.39 is 5.97 Å². The second-order valence-corrected chi connectivity index (χ2v) is 4.45. The van der Waals surface area contributed by atoms with Crippen LogP contribution in [0.1, 0.15) is 10.4 Å². The number of hydrogen-bond donors (Lipinski definition) is 2. The highest BCUT2D eigenvalue weighted by Crippen LogP contribution is 2.27. The van der Waals surface area contributed by atoms with E-state index in [9.17, 15) is 9.90 Å².